The molecule has 0 radical (unpaired) electrons. The largest absolute Gasteiger partial charge is 0.378 e. The molecule has 2 aromatic carbocycles. The number of halogens is 1. The topological polar surface area (TPSA) is 82.0 Å². The average Bonchev–Trinajstić information content (AvgIpc) is 2.89. The Morgan fingerprint density at radius 2 is 1.80 bits per heavy atom. The predicted molar refractivity (Wildman–Crippen MR) is 92.9 cm³/mol. The van der Waals surface area contributed by atoms with Crippen molar-refractivity contribution in [3.05, 3.63) is 64.7 Å². The number of hydrogen-bond acceptors (Lipinski definition) is 6. The first-order valence-electron chi connectivity index (χ1n) is 7.14. The Labute approximate surface area is 149 Å². The minimum atomic E-state index is -4.05. The molecule has 6 nitrogen and oxygen atoms in total. The number of nitrogens with zero attached hydrogens (tertiary/aromatic N) is 1. The number of oxime groups is 1. The van der Waals surface area contributed by atoms with Crippen molar-refractivity contribution in [3.63, 3.8) is 0 Å². The minimum Gasteiger partial charge on any atom is -0.378 e. The van der Waals surface area contributed by atoms with Gasteiger partial charge in [0.25, 0.3) is 0 Å². The van der Waals surface area contributed by atoms with Crippen LogP contribution in [0.5, 0.6) is 5.75 Å². The molecule has 1 aliphatic rings. The second-order valence-electron chi connectivity index (χ2n) is 5.14. The summed E-state index contributed by atoms with van der Waals surface area (Å²) >= 11 is 5.77. The molecule has 128 valence electrons. The summed E-state index contributed by atoms with van der Waals surface area (Å²) in [6.07, 6.45) is 1.47. The van der Waals surface area contributed by atoms with Crippen molar-refractivity contribution in [3.8, 4) is 5.75 Å². The molecule has 8 heteroatoms. The van der Waals surface area contributed by atoms with Gasteiger partial charge in [-0.05, 0) is 43.3 Å². The van der Waals surface area contributed by atoms with E-state index < -0.39 is 16.1 Å². The van der Waals surface area contributed by atoms with Crippen molar-refractivity contribution in [1.29, 1.82) is 0 Å². The van der Waals surface area contributed by atoms with Crippen molar-refractivity contribution in [1.82, 2.24) is 0 Å². The summed E-state index contributed by atoms with van der Waals surface area (Å²) in [5.41, 5.74) is 1.05. The quantitative estimate of drug-likeness (QED) is 0.463. The molecule has 0 aromatic heterocycles. The molecule has 0 fully saturated rings. The molecule has 0 aliphatic carbocycles. The van der Waals surface area contributed by atoms with Gasteiger partial charge in [-0.25, -0.2) is 4.79 Å². The molecular formula is C17H12ClNO5S. The van der Waals surface area contributed by atoms with Gasteiger partial charge < -0.3 is 9.02 Å². The molecule has 0 spiro atoms. The van der Waals surface area contributed by atoms with Gasteiger partial charge in [-0.2, -0.15) is 8.42 Å². The van der Waals surface area contributed by atoms with Gasteiger partial charge in [-0.15, -0.1) is 0 Å². The summed E-state index contributed by atoms with van der Waals surface area (Å²) in [6.45, 7) is 1.62. The Hall–Kier alpha value is -2.64. The van der Waals surface area contributed by atoms with E-state index in [0.717, 1.165) is 0 Å². The van der Waals surface area contributed by atoms with Gasteiger partial charge >= 0.3 is 16.1 Å². The maximum absolute atomic E-state index is 12.4. The van der Waals surface area contributed by atoms with Crippen molar-refractivity contribution in [2.45, 2.75) is 11.8 Å². The molecule has 0 unspecified atom stereocenters. The van der Waals surface area contributed by atoms with E-state index >= 15 is 0 Å². The van der Waals surface area contributed by atoms with Crippen molar-refractivity contribution < 1.29 is 22.2 Å². The SMILES string of the molecule is CC1=NOC(=O)/C1=C\c1ccccc1OS(=O)(=O)c1ccc(Cl)cc1. The van der Waals surface area contributed by atoms with Crippen LogP contribution in [0.4, 0.5) is 0 Å². The van der Waals surface area contributed by atoms with Crippen LogP contribution in [0.25, 0.3) is 6.08 Å². The summed E-state index contributed by atoms with van der Waals surface area (Å²) in [7, 11) is -4.05. The zero-order valence-electron chi connectivity index (χ0n) is 13.0. The number of rotatable bonds is 4. The summed E-state index contributed by atoms with van der Waals surface area (Å²) in [4.78, 5) is 16.2. The summed E-state index contributed by atoms with van der Waals surface area (Å²) in [5.74, 6) is -0.523. The van der Waals surface area contributed by atoms with Crippen LogP contribution in [0.1, 0.15) is 12.5 Å². The van der Waals surface area contributed by atoms with Crippen molar-refractivity contribution >= 4 is 39.5 Å². The normalized spacial score (nSPS) is 15.8. The van der Waals surface area contributed by atoms with Gasteiger partial charge in [0.2, 0.25) is 0 Å². The van der Waals surface area contributed by atoms with E-state index in [0.29, 0.717) is 16.3 Å². The molecule has 1 aliphatic heterocycles. The molecule has 25 heavy (non-hydrogen) atoms. The van der Waals surface area contributed by atoms with Gasteiger partial charge in [0, 0.05) is 10.6 Å². The van der Waals surface area contributed by atoms with Crippen LogP contribution in [0.2, 0.25) is 5.02 Å². The average molecular weight is 378 g/mol. The van der Waals surface area contributed by atoms with Crippen LogP contribution >= 0.6 is 11.6 Å². The fraction of sp³-hybridized carbons (Fsp3) is 0.0588. The lowest BCUT2D eigenvalue weighted by Crippen LogP contribution is -2.10. The monoisotopic (exact) mass is 377 g/mol. The number of para-hydroxylation sites is 1. The third-order valence-corrected chi connectivity index (χ3v) is 4.90. The van der Waals surface area contributed by atoms with E-state index in [1.54, 1.807) is 25.1 Å². The van der Waals surface area contributed by atoms with Crippen molar-refractivity contribution in [2.24, 2.45) is 5.16 Å². The second-order valence-corrected chi connectivity index (χ2v) is 7.13. The zero-order valence-corrected chi connectivity index (χ0v) is 14.5. The van der Waals surface area contributed by atoms with Crippen LogP contribution in [0, 0.1) is 0 Å². The fourth-order valence-corrected chi connectivity index (χ4v) is 3.20. The number of carbonyl (C=O) groups excluding carboxylic acids is 1. The summed E-state index contributed by atoms with van der Waals surface area (Å²) in [5, 5.41) is 4.00. The van der Waals surface area contributed by atoms with Gasteiger partial charge in [0.1, 0.15) is 10.6 Å². The molecule has 1 heterocycles. The van der Waals surface area contributed by atoms with Gasteiger partial charge in [-0.1, -0.05) is 35.0 Å². The van der Waals surface area contributed by atoms with Crippen LogP contribution in [-0.4, -0.2) is 20.1 Å². The second kappa shape index (κ2) is 6.70. The Bertz CT molecular complexity index is 994. The van der Waals surface area contributed by atoms with E-state index in [1.165, 1.54) is 36.4 Å². The maximum Gasteiger partial charge on any atom is 0.367 e. The highest BCUT2D eigenvalue weighted by Crippen LogP contribution is 2.27. The molecule has 0 amide bonds. The highest BCUT2D eigenvalue weighted by Gasteiger charge is 2.23. The zero-order chi connectivity index (χ0) is 18.0. The van der Waals surface area contributed by atoms with Gasteiger partial charge in [0.15, 0.2) is 0 Å². The minimum absolute atomic E-state index is 0.0302. The van der Waals surface area contributed by atoms with Crippen molar-refractivity contribution in [2.75, 3.05) is 0 Å². The maximum atomic E-state index is 12.4. The third kappa shape index (κ3) is 3.72. The lowest BCUT2D eigenvalue weighted by atomic mass is 10.1. The first kappa shape index (κ1) is 17.2. The lowest BCUT2D eigenvalue weighted by Gasteiger charge is -2.10. The number of carbonyl (C=O) groups is 1. The van der Waals surface area contributed by atoms with Gasteiger partial charge in [-0.3, -0.25) is 0 Å². The molecule has 3 rings (SSSR count). The highest BCUT2D eigenvalue weighted by molar-refractivity contribution is 7.87. The summed E-state index contributed by atoms with van der Waals surface area (Å²) < 4.78 is 30.1. The summed E-state index contributed by atoms with van der Waals surface area (Å²) in [6, 6.07) is 12.1. The molecule has 0 atom stereocenters. The van der Waals surface area contributed by atoms with E-state index in [9.17, 15) is 13.2 Å². The molecule has 0 saturated heterocycles. The molecule has 0 saturated carbocycles. The lowest BCUT2D eigenvalue weighted by molar-refractivity contribution is -0.136. The van der Waals surface area contributed by atoms with E-state index in [-0.39, 0.29) is 16.2 Å². The predicted octanol–water partition coefficient (Wildman–Crippen LogP) is 3.42. The molecular weight excluding hydrogens is 366 g/mol. The number of benzene rings is 2. The highest BCUT2D eigenvalue weighted by atomic mass is 35.5. The first-order valence-corrected chi connectivity index (χ1v) is 8.92. The number of hydrogen-bond donors (Lipinski definition) is 0. The Morgan fingerprint density at radius 3 is 2.44 bits per heavy atom. The molecule has 0 N–H and O–H groups in total. The first-order chi connectivity index (χ1) is 11.9. The molecule has 0 bridgehead atoms. The van der Waals surface area contributed by atoms with Crippen LogP contribution in [0.3, 0.4) is 0 Å². The van der Waals surface area contributed by atoms with E-state index in [1.807, 2.05) is 0 Å². The standard InChI is InChI=1S/C17H12ClNO5S/c1-11-15(17(20)23-19-11)10-12-4-2-3-5-16(12)24-25(21,22)14-8-6-13(18)7-9-14/h2-10H,1H3/b15-10-. The smallest absolute Gasteiger partial charge is 0.367 e. The Morgan fingerprint density at radius 1 is 1.12 bits per heavy atom. The van der Waals surface area contributed by atoms with Crippen LogP contribution in [0.15, 0.2) is 64.2 Å². The Kier molecular flexibility index (Phi) is 4.61. The molecule has 2 aromatic rings. The van der Waals surface area contributed by atoms with E-state index in [4.69, 9.17) is 15.8 Å². The third-order valence-electron chi connectivity index (χ3n) is 3.40. The van der Waals surface area contributed by atoms with E-state index in [2.05, 4.69) is 9.99 Å². The fourth-order valence-electron chi connectivity index (χ4n) is 2.12. The van der Waals surface area contributed by atoms with Gasteiger partial charge in [0.05, 0.1) is 11.3 Å². The Balaban J connectivity index is 1.97. The van der Waals surface area contributed by atoms with Crippen LogP contribution in [-0.2, 0) is 19.8 Å². The van der Waals surface area contributed by atoms with Crippen LogP contribution < -0.4 is 4.18 Å².